The molecule has 0 saturated heterocycles. The van der Waals surface area contributed by atoms with E-state index in [1.807, 2.05) is 0 Å². The molecule has 0 aliphatic carbocycles. The average molecular weight is 1350 g/mol. The molecule has 0 aromatic rings. The van der Waals surface area contributed by atoms with Gasteiger partial charge in [-0.05, 0) is 49.4 Å². The molecule has 0 aliphatic heterocycles. The van der Waals surface area contributed by atoms with Crippen molar-refractivity contribution in [2.75, 3.05) is 39.6 Å². The summed E-state index contributed by atoms with van der Waals surface area (Å²) in [4.78, 5) is 72.6. The van der Waals surface area contributed by atoms with Gasteiger partial charge < -0.3 is 33.8 Å². The fourth-order valence-electron chi connectivity index (χ4n) is 11.0. The number of aliphatic hydroxyl groups is 1. The third-order valence-corrected chi connectivity index (χ3v) is 19.1. The number of hydrogen-bond acceptors (Lipinski definition) is 15. The van der Waals surface area contributed by atoms with Gasteiger partial charge in [0, 0.05) is 25.7 Å². The molecule has 3 N–H and O–H groups in total. The van der Waals surface area contributed by atoms with Crippen molar-refractivity contribution < 1.29 is 80.2 Å². The highest BCUT2D eigenvalue weighted by atomic mass is 31.2. The van der Waals surface area contributed by atoms with Crippen LogP contribution in [-0.2, 0) is 65.4 Å². The first-order valence-corrected chi connectivity index (χ1v) is 40.7. The first kappa shape index (κ1) is 90.1. The first-order valence-electron chi connectivity index (χ1n) is 37.7. The minimum atomic E-state index is -4.95. The van der Waals surface area contributed by atoms with E-state index in [0.29, 0.717) is 31.6 Å². The fourth-order valence-corrected chi connectivity index (χ4v) is 12.6. The second-order valence-corrected chi connectivity index (χ2v) is 30.9. The van der Waals surface area contributed by atoms with Crippen LogP contribution in [0.2, 0.25) is 0 Å². The predicted octanol–water partition coefficient (Wildman–Crippen LogP) is 20.9. The number of carbonyl (C=O) groups is 4. The van der Waals surface area contributed by atoms with Crippen LogP contribution in [0.25, 0.3) is 0 Å². The van der Waals surface area contributed by atoms with E-state index in [4.69, 9.17) is 37.0 Å². The van der Waals surface area contributed by atoms with Gasteiger partial charge in [0.05, 0.1) is 26.4 Å². The summed E-state index contributed by atoms with van der Waals surface area (Å²) in [6.45, 7) is 14.1. The third-order valence-electron chi connectivity index (χ3n) is 17.2. The van der Waals surface area contributed by atoms with Gasteiger partial charge >= 0.3 is 39.5 Å². The summed E-state index contributed by atoms with van der Waals surface area (Å²) in [5.41, 5.74) is 0. The molecule has 0 aromatic carbocycles. The van der Waals surface area contributed by atoms with Crippen LogP contribution in [0, 0.1) is 23.7 Å². The molecule has 19 heteroatoms. The lowest BCUT2D eigenvalue weighted by atomic mass is 9.99. The highest BCUT2D eigenvalue weighted by Crippen LogP contribution is 2.45. The van der Waals surface area contributed by atoms with Crippen LogP contribution >= 0.6 is 15.6 Å². The molecular formula is C73H142O17P2. The van der Waals surface area contributed by atoms with Gasteiger partial charge in [0.1, 0.15) is 19.3 Å². The molecule has 0 aromatic heterocycles. The van der Waals surface area contributed by atoms with Gasteiger partial charge in [-0.1, -0.05) is 312 Å². The van der Waals surface area contributed by atoms with Gasteiger partial charge in [-0.15, -0.1) is 0 Å². The van der Waals surface area contributed by atoms with E-state index < -0.39 is 97.5 Å². The number of phosphoric acid groups is 2. The van der Waals surface area contributed by atoms with E-state index in [-0.39, 0.29) is 25.7 Å². The number of ether oxygens (including phenoxy) is 4. The zero-order valence-corrected chi connectivity index (χ0v) is 62.0. The van der Waals surface area contributed by atoms with E-state index in [1.54, 1.807) is 0 Å². The number of esters is 4. The van der Waals surface area contributed by atoms with Crippen molar-refractivity contribution in [3.05, 3.63) is 0 Å². The molecule has 6 atom stereocenters. The summed E-state index contributed by atoms with van der Waals surface area (Å²) in [7, 11) is -9.91. The van der Waals surface area contributed by atoms with Gasteiger partial charge in [-0.25, -0.2) is 9.13 Å². The number of hydrogen-bond donors (Lipinski definition) is 3. The smallest absolute Gasteiger partial charge is 0.462 e. The molecule has 0 aliphatic rings. The van der Waals surface area contributed by atoms with E-state index in [2.05, 4.69) is 55.4 Å². The number of phosphoric ester groups is 2. The average Bonchev–Trinajstić information content (AvgIpc) is 1.68. The van der Waals surface area contributed by atoms with Crippen molar-refractivity contribution in [2.24, 2.45) is 23.7 Å². The molecule has 0 radical (unpaired) electrons. The number of aliphatic hydroxyl groups excluding tert-OH is 1. The molecule has 17 nitrogen and oxygen atoms in total. The lowest BCUT2D eigenvalue weighted by molar-refractivity contribution is -0.161. The Morgan fingerprint density at radius 3 is 0.772 bits per heavy atom. The molecule has 0 fully saturated rings. The SMILES string of the molecule is CCC(C)CCCCCCCCCCCCCCCCC(=O)O[C@H](COC(=O)CCCCCCCCC(C)C)COP(=O)(O)OC[C@H](O)COP(=O)(O)OC[C@@H](COC(=O)CCCCCCCCCCCCCC(C)C)OC(=O)CCCCCCCCCCC(C)C. The molecule has 0 spiro atoms. The van der Waals surface area contributed by atoms with Crippen molar-refractivity contribution in [3.8, 4) is 0 Å². The molecule has 92 heavy (non-hydrogen) atoms. The van der Waals surface area contributed by atoms with Gasteiger partial charge in [0.15, 0.2) is 12.2 Å². The first-order chi connectivity index (χ1) is 44.1. The normalized spacial score (nSPS) is 14.5. The van der Waals surface area contributed by atoms with Crippen LogP contribution in [0.3, 0.4) is 0 Å². The number of carbonyl (C=O) groups excluding carboxylic acids is 4. The lowest BCUT2D eigenvalue weighted by Crippen LogP contribution is -2.30. The topological polar surface area (TPSA) is 237 Å². The van der Waals surface area contributed by atoms with E-state index in [9.17, 15) is 43.2 Å². The lowest BCUT2D eigenvalue weighted by Gasteiger charge is -2.21. The van der Waals surface area contributed by atoms with Crippen LogP contribution in [0.4, 0.5) is 0 Å². The van der Waals surface area contributed by atoms with Crippen LogP contribution in [0.1, 0.15) is 364 Å². The molecule has 0 bridgehead atoms. The maximum atomic E-state index is 13.0. The fraction of sp³-hybridized carbons (Fsp3) is 0.945. The van der Waals surface area contributed by atoms with Gasteiger partial charge in [0.2, 0.25) is 0 Å². The Bertz CT molecular complexity index is 1820. The Morgan fingerprint density at radius 1 is 0.304 bits per heavy atom. The van der Waals surface area contributed by atoms with Crippen molar-refractivity contribution in [3.63, 3.8) is 0 Å². The van der Waals surface area contributed by atoms with Crippen molar-refractivity contribution in [1.82, 2.24) is 0 Å². The Balaban J connectivity index is 5.21. The number of unbranched alkanes of at least 4 members (excludes halogenated alkanes) is 35. The molecule has 3 unspecified atom stereocenters. The van der Waals surface area contributed by atoms with Crippen molar-refractivity contribution in [1.29, 1.82) is 0 Å². The minimum Gasteiger partial charge on any atom is -0.462 e. The van der Waals surface area contributed by atoms with Crippen LogP contribution < -0.4 is 0 Å². The maximum absolute atomic E-state index is 13.0. The highest BCUT2D eigenvalue weighted by molar-refractivity contribution is 7.47. The Morgan fingerprint density at radius 2 is 0.522 bits per heavy atom. The van der Waals surface area contributed by atoms with E-state index >= 15 is 0 Å². The van der Waals surface area contributed by atoms with E-state index in [1.165, 1.54) is 161 Å². The van der Waals surface area contributed by atoms with Gasteiger partial charge in [-0.3, -0.25) is 37.3 Å². The molecule has 0 amide bonds. The predicted molar refractivity (Wildman–Crippen MR) is 372 cm³/mol. The minimum absolute atomic E-state index is 0.104. The molecule has 0 saturated carbocycles. The highest BCUT2D eigenvalue weighted by Gasteiger charge is 2.30. The van der Waals surface area contributed by atoms with Crippen LogP contribution in [-0.4, -0.2) is 96.7 Å². The molecule has 0 rings (SSSR count). The zero-order valence-electron chi connectivity index (χ0n) is 60.2. The Labute approximate surface area is 562 Å². The standard InChI is InChI=1S/C73H142O17P2/c1-9-66(8)52-44-36-27-20-16-12-10-11-13-17-22-29-39-47-55-72(77)89-69(60-84-71(76)54-46-38-32-31-35-43-51-65(6)7)62-88-92(81,82)86-58-67(74)57-85-91(79,80)87-61-68(90-73(78)56-48-40-30-24-23-26-34-42-50-64(4)5)59-83-70(75)53-45-37-28-21-18-14-15-19-25-33-41-49-63(2)3/h63-69,74H,9-62H2,1-8H3,(H,79,80)(H,81,82)/t66?,67-,68-,69-/m1/s1. The molecular weight excluding hydrogens is 1210 g/mol. The third kappa shape index (κ3) is 65.4. The summed E-state index contributed by atoms with van der Waals surface area (Å²) in [6.07, 6.45) is 46.0. The summed E-state index contributed by atoms with van der Waals surface area (Å²) >= 11 is 0. The van der Waals surface area contributed by atoms with E-state index in [0.717, 1.165) is 114 Å². The Hall–Kier alpha value is -1.94. The number of rotatable bonds is 70. The monoisotopic (exact) mass is 1350 g/mol. The van der Waals surface area contributed by atoms with Crippen molar-refractivity contribution in [2.45, 2.75) is 382 Å². The van der Waals surface area contributed by atoms with Crippen LogP contribution in [0.5, 0.6) is 0 Å². The molecule has 0 heterocycles. The summed E-state index contributed by atoms with van der Waals surface area (Å²) < 4.78 is 68.4. The quantitative estimate of drug-likeness (QED) is 0.0222. The van der Waals surface area contributed by atoms with Gasteiger partial charge in [-0.2, -0.15) is 0 Å². The second-order valence-electron chi connectivity index (χ2n) is 28.0. The summed E-state index contributed by atoms with van der Waals surface area (Å²) in [5.74, 6) is 0.886. The largest absolute Gasteiger partial charge is 0.472 e. The maximum Gasteiger partial charge on any atom is 0.472 e. The molecule has 546 valence electrons. The Kier molecular flexibility index (Phi) is 61.3. The van der Waals surface area contributed by atoms with Crippen LogP contribution in [0.15, 0.2) is 0 Å². The summed E-state index contributed by atoms with van der Waals surface area (Å²) in [6, 6.07) is 0. The zero-order chi connectivity index (χ0) is 68.2. The van der Waals surface area contributed by atoms with Gasteiger partial charge in [0.25, 0.3) is 0 Å². The van der Waals surface area contributed by atoms with Crippen molar-refractivity contribution >= 4 is 39.5 Å². The second kappa shape index (κ2) is 62.6. The summed E-state index contributed by atoms with van der Waals surface area (Å²) in [5, 5.41) is 10.6.